The number of nitrogens with zero attached hydrogens (tertiary/aromatic N) is 3. The van der Waals surface area contributed by atoms with Gasteiger partial charge in [-0.15, -0.1) is 11.3 Å². The van der Waals surface area contributed by atoms with E-state index >= 15 is 0 Å². The normalized spacial score (nSPS) is 15.8. The fraction of sp³-hybridized carbons (Fsp3) is 0.435. The standard InChI is InChI=1S/C23H26F3N5O2S/c1-2-31-21(33)19(34-22(31)18(13-27)20(32)29-15-23(24,25)26)14-28-17-7-5-16(6-8-17)9-12-30-10-3-4-11-30/h5-8,14,28H,2-4,9-12,15H2,1H3,(H,29,32)/b19-14+,22-18-. The van der Waals surface area contributed by atoms with Gasteiger partial charge >= 0.3 is 6.18 Å². The Morgan fingerprint density at radius 2 is 1.91 bits per heavy atom. The molecule has 0 bridgehead atoms. The first-order valence-electron chi connectivity index (χ1n) is 11.0. The molecule has 1 aromatic carbocycles. The van der Waals surface area contributed by atoms with Gasteiger partial charge < -0.3 is 15.5 Å². The number of thiazole rings is 1. The van der Waals surface area contributed by atoms with E-state index in [9.17, 15) is 28.0 Å². The minimum absolute atomic E-state index is 0.0139. The van der Waals surface area contributed by atoms with Crippen molar-refractivity contribution in [3.63, 3.8) is 0 Å². The van der Waals surface area contributed by atoms with Crippen molar-refractivity contribution in [1.82, 2.24) is 14.8 Å². The topological polar surface area (TPSA) is 90.2 Å². The molecular weight excluding hydrogens is 467 g/mol. The number of likely N-dealkylation sites (tertiary alicyclic amines) is 1. The molecule has 0 aliphatic carbocycles. The maximum Gasteiger partial charge on any atom is 0.405 e. The van der Waals surface area contributed by atoms with E-state index in [1.807, 2.05) is 24.3 Å². The van der Waals surface area contributed by atoms with E-state index in [0.717, 1.165) is 43.1 Å². The van der Waals surface area contributed by atoms with Crippen LogP contribution in [0.5, 0.6) is 0 Å². The third-order valence-electron chi connectivity index (χ3n) is 5.47. The number of benzene rings is 1. The van der Waals surface area contributed by atoms with Gasteiger partial charge in [-0.1, -0.05) is 12.1 Å². The van der Waals surface area contributed by atoms with Gasteiger partial charge in [0, 0.05) is 25.0 Å². The number of halogens is 3. The minimum atomic E-state index is -4.61. The Hall–Kier alpha value is -3.10. The first-order chi connectivity index (χ1) is 16.2. The Kier molecular flexibility index (Phi) is 8.52. The van der Waals surface area contributed by atoms with E-state index in [0.29, 0.717) is 0 Å². The molecule has 2 N–H and O–H groups in total. The molecule has 1 amide bonds. The molecule has 7 nitrogen and oxygen atoms in total. The molecule has 1 aliphatic heterocycles. The van der Waals surface area contributed by atoms with Crippen LogP contribution in [0.25, 0.3) is 11.8 Å². The van der Waals surface area contributed by atoms with Crippen molar-refractivity contribution in [3.8, 4) is 6.07 Å². The molecule has 11 heteroatoms. The van der Waals surface area contributed by atoms with Crippen LogP contribution in [0.4, 0.5) is 18.9 Å². The van der Waals surface area contributed by atoms with Gasteiger partial charge in [-0.05, 0) is 57.0 Å². The zero-order chi connectivity index (χ0) is 24.7. The Morgan fingerprint density at radius 3 is 2.50 bits per heavy atom. The molecule has 0 atom stereocenters. The van der Waals surface area contributed by atoms with Crippen molar-refractivity contribution in [2.45, 2.75) is 38.9 Å². The van der Waals surface area contributed by atoms with Crippen LogP contribution in [-0.2, 0) is 17.8 Å². The number of carbonyl (C=O) groups is 1. The lowest BCUT2D eigenvalue weighted by Crippen LogP contribution is -2.37. The largest absolute Gasteiger partial charge is 0.405 e. The summed E-state index contributed by atoms with van der Waals surface area (Å²) in [7, 11) is 0. The second kappa shape index (κ2) is 11.4. The maximum absolute atomic E-state index is 12.7. The number of amides is 1. The molecule has 0 saturated carbocycles. The molecule has 1 aliphatic rings. The lowest BCUT2D eigenvalue weighted by Gasteiger charge is -2.14. The highest BCUT2D eigenvalue weighted by Gasteiger charge is 2.28. The summed E-state index contributed by atoms with van der Waals surface area (Å²) in [6.45, 7) is 3.58. The third kappa shape index (κ3) is 6.71. The number of carbonyl (C=O) groups excluding carboxylic acids is 1. The van der Waals surface area contributed by atoms with Crippen LogP contribution in [0.3, 0.4) is 0 Å². The zero-order valence-electron chi connectivity index (χ0n) is 18.7. The summed E-state index contributed by atoms with van der Waals surface area (Å²) in [5, 5.41) is 14.1. The smallest absolute Gasteiger partial charge is 0.360 e. The summed E-state index contributed by atoms with van der Waals surface area (Å²) < 4.78 is 38.7. The molecule has 0 unspecified atom stereocenters. The van der Waals surface area contributed by atoms with Gasteiger partial charge in [0.15, 0.2) is 5.57 Å². The summed E-state index contributed by atoms with van der Waals surface area (Å²) in [6.07, 6.45) is 0.347. The predicted molar refractivity (Wildman–Crippen MR) is 125 cm³/mol. The molecule has 1 aromatic heterocycles. The van der Waals surface area contributed by atoms with Crippen molar-refractivity contribution < 1.29 is 18.0 Å². The predicted octanol–water partition coefficient (Wildman–Crippen LogP) is 1.77. The van der Waals surface area contributed by atoms with Crippen LogP contribution >= 0.6 is 11.3 Å². The van der Waals surface area contributed by atoms with Crippen LogP contribution in [0.2, 0.25) is 0 Å². The highest BCUT2D eigenvalue weighted by atomic mass is 32.1. The van der Waals surface area contributed by atoms with Gasteiger partial charge in [0.25, 0.3) is 11.5 Å². The highest BCUT2D eigenvalue weighted by Crippen LogP contribution is 2.13. The second-order valence-electron chi connectivity index (χ2n) is 7.89. The van der Waals surface area contributed by atoms with Gasteiger partial charge in [-0.2, -0.15) is 18.4 Å². The Balaban J connectivity index is 1.79. The molecular formula is C23H26F3N5O2S. The van der Waals surface area contributed by atoms with E-state index in [-0.39, 0.29) is 15.7 Å². The van der Waals surface area contributed by atoms with Crippen molar-refractivity contribution in [2.75, 3.05) is 31.5 Å². The van der Waals surface area contributed by atoms with Crippen LogP contribution in [0, 0.1) is 11.3 Å². The fourth-order valence-electron chi connectivity index (χ4n) is 3.67. The average molecular weight is 494 g/mol. The Labute approximate surface area is 198 Å². The average Bonchev–Trinajstić information content (AvgIpc) is 3.43. The van der Waals surface area contributed by atoms with Crippen molar-refractivity contribution in [3.05, 3.63) is 49.4 Å². The van der Waals surface area contributed by atoms with Crippen LogP contribution in [0.1, 0.15) is 25.3 Å². The fourth-order valence-corrected chi connectivity index (χ4v) is 4.75. The SMILES string of the molecule is CCn1c(=O)/c(=C\Nc2ccc(CCN3CCCC3)cc2)s/c1=C(/C#N)C(=O)NCC(F)(F)F. The van der Waals surface area contributed by atoms with E-state index < -0.39 is 29.8 Å². The van der Waals surface area contributed by atoms with Crippen molar-refractivity contribution in [1.29, 1.82) is 5.26 Å². The third-order valence-corrected chi connectivity index (χ3v) is 6.60. The van der Waals surface area contributed by atoms with Crippen LogP contribution in [-0.4, -0.2) is 47.7 Å². The minimum Gasteiger partial charge on any atom is -0.360 e. The molecule has 1 fully saturated rings. The summed E-state index contributed by atoms with van der Waals surface area (Å²) in [4.78, 5) is 27.3. The molecule has 1 saturated heterocycles. The Bertz CT molecular complexity index is 1220. The highest BCUT2D eigenvalue weighted by molar-refractivity contribution is 7.07. The Morgan fingerprint density at radius 1 is 1.24 bits per heavy atom. The molecule has 2 aromatic rings. The zero-order valence-corrected chi connectivity index (χ0v) is 19.6. The molecule has 2 heterocycles. The summed E-state index contributed by atoms with van der Waals surface area (Å²) in [5.41, 5.74) is 1.00. The van der Waals surface area contributed by atoms with E-state index in [1.165, 1.54) is 29.2 Å². The lowest BCUT2D eigenvalue weighted by molar-refractivity contribution is -0.135. The first kappa shape index (κ1) is 25.5. The molecule has 3 rings (SSSR count). The number of rotatable bonds is 8. The van der Waals surface area contributed by atoms with Crippen LogP contribution in [0.15, 0.2) is 29.1 Å². The number of hydrogen-bond acceptors (Lipinski definition) is 6. The van der Waals surface area contributed by atoms with E-state index in [4.69, 9.17) is 0 Å². The maximum atomic E-state index is 12.7. The number of nitrogens with one attached hydrogen (secondary N) is 2. The van der Waals surface area contributed by atoms with Gasteiger partial charge in [-0.25, -0.2) is 0 Å². The van der Waals surface area contributed by atoms with Crippen molar-refractivity contribution >= 4 is 34.7 Å². The number of anilines is 1. The number of nitriles is 1. The number of hydrogen-bond donors (Lipinski definition) is 2. The first-order valence-corrected chi connectivity index (χ1v) is 11.8. The monoisotopic (exact) mass is 493 g/mol. The second-order valence-corrected chi connectivity index (χ2v) is 8.92. The van der Waals surface area contributed by atoms with Crippen molar-refractivity contribution in [2.24, 2.45) is 0 Å². The van der Waals surface area contributed by atoms with E-state index in [1.54, 1.807) is 18.3 Å². The molecule has 34 heavy (non-hydrogen) atoms. The van der Waals surface area contributed by atoms with Gasteiger partial charge in [-0.3, -0.25) is 14.2 Å². The van der Waals surface area contributed by atoms with Gasteiger partial charge in [0.1, 0.15) is 21.8 Å². The lowest BCUT2D eigenvalue weighted by atomic mass is 10.1. The quantitative estimate of drug-likeness (QED) is 0.585. The molecule has 0 radical (unpaired) electrons. The molecule has 0 spiro atoms. The van der Waals surface area contributed by atoms with Crippen LogP contribution < -0.4 is 25.4 Å². The van der Waals surface area contributed by atoms with Gasteiger partial charge in [0.05, 0.1) is 0 Å². The summed E-state index contributed by atoms with van der Waals surface area (Å²) >= 11 is 0.875. The molecule has 182 valence electrons. The summed E-state index contributed by atoms with van der Waals surface area (Å²) in [5.74, 6) is -1.17. The number of alkyl halides is 3. The number of aromatic nitrogens is 1. The summed E-state index contributed by atoms with van der Waals surface area (Å²) in [6, 6.07) is 9.47. The van der Waals surface area contributed by atoms with E-state index in [2.05, 4.69) is 10.2 Å². The van der Waals surface area contributed by atoms with Gasteiger partial charge in [0.2, 0.25) is 0 Å².